The fourth-order valence-electron chi connectivity index (χ4n) is 8.34. The number of aromatic nitrogens is 3. The summed E-state index contributed by atoms with van der Waals surface area (Å²) in [5, 5.41) is 12.4. The molecule has 9 rings (SSSR count). The molecule has 0 aliphatic carbocycles. The lowest BCUT2D eigenvalue weighted by Gasteiger charge is -2.19. The first-order chi connectivity index (χ1) is 37.0. The molecule has 2 heterocycles. The topological polar surface area (TPSA) is 50.9 Å². The third-order valence-corrected chi connectivity index (χ3v) is 11.9. The molecule has 0 spiro atoms. The molecule has 4 nitrogen and oxygen atoms in total. The molecule has 0 unspecified atom stereocenters. The lowest BCUT2D eigenvalue weighted by molar-refractivity contribution is 0.466. The first kappa shape index (κ1) is 29.4. The number of pyridine rings is 1. The van der Waals surface area contributed by atoms with Gasteiger partial charge in [-0.1, -0.05) is 171 Å². The zero-order valence-corrected chi connectivity index (χ0v) is 37.3. The Labute approximate surface area is 405 Å². The zero-order chi connectivity index (χ0) is 57.5. The molecule has 4 heteroatoms. The van der Waals surface area contributed by atoms with Gasteiger partial charge in [-0.05, 0) is 139 Å². The number of benzene rings is 7. The Hall–Kier alpha value is -7.04. The number of phenols is 1. The summed E-state index contributed by atoms with van der Waals surface area (Å²) in [5.74, 6) is -0.325. The van der Waals surface area contributed by atoms with E-state index in [1.165, 1.54) is 12.3 Å². The van der Waals surface area contributed by atoms with Gasteiger partial charge in [-0.3, -0.25) is 9.55 Å². The van der Waals surface area contributed by atoms with E-state index in [2.05, 4.69) is 30.5 Å². The molecule has 0 radical (unpaired) electrons. The van der Waals surface area contributed by atoms with Crippen LogP contribution in [0.15, 0.2) is 170 Å². The first-order valence-electron chi connectivity index (χ1n) is 28.8. The van der Waals surface area contributed by atoms with Crippen LogP contribution in [-0.2, 0) is 5.41 Å². The Morgan fingerprint density at radius 1 is 0.569 bits per heavy atom. The van der Waals surface area contributed by atoms with Crippen LogP contribution < -0.4 is 0 Å². The predicted molar refractivity (Wildman–Crippen MR) is 274 cm³/mol. The molecule has 0 saturated carbocycles. The Kier molecular flexibility index (Phi) is 7.92. The van der Waals surface area contributed by atoms with Crippen LogP contribution in [0, 0.1) is 0 Å². The van der Waals surface area contributed by atoms with E-state index < -0.39 is 61.6 Å². The smallest absolute Gasteiger partial charge is 0.149 e. The van der Waals surface area contributed by atoms with Gasteiger partial charge < -0.3 is 5.11 Å². The van der Waals surface area contributed by atoms with Crippen molar-refractivity contribution < 1.29 is 24.3 Å². The van der Waals surface area contributed by atoms with Crippen LogP contribution in [-0.4, -0.2) is 19.6 Å². The summed E-state index contributed by atoms with van der Waals surface area (Å²) in [6, 6.07) is 40.7. The number of hydrogen-bond donors (Lipinski definition) is 1. The third-order valence-electron chi connectivity index (χ3n) is 11.9. The van der Waals surface area contributed by atoms with Crippen molar-refractivity contribution in [2.24, 2.45) is 0 Å². The van der Waals surface area contributed by atoms with Gasteiger partial charge in [-0.25, -0.2) is 4.98 Å². The first-order valence-corrected chi connectivity index (χ1v) is 21.8. The van der Waals surface area contributed by atoms with E-state index in [1.54, 1.807) is 6.07 Å². The number of aromatic hydroxyl groups is 1. The molecule has 0 atom stereocenters. The SMILES string of the molecule is [2H]c1c([2H])c(C(C([2H])([2H])[2H])(C([2H])([2H])[2H])C([2H])([2H])[2H])c([2H])c([2H])c1-c1ccnc(-c2cc(-c3ccccc3)cc(-c3cccc4c3nc(-c3cc(C(C)C)cc(C(C)C)c3O)n4-c3cc(-c4ccccc4)cc(C([2H])(C)C)c3)c2)c1. The second kappa shape index (κ2) is 17.5. The van der Waals surface area contributed by atoms with E-state index in [9.17, 15) is 9.22 Å². The Morgan fingerprint density at radius 2 is 1.23 bits per heavy atom. The molecule has 0 saturated heterocycles. The summed E-state index contributed by atoms with van der Waals surface area (Å²) < 4.78 is 122. The quantitative estimate of drug-likeness (QED) is 0.149. The molecule has 1 N–H and O–H groups in total. The van der Waals surface area contributed by atoms with Crippen LogP contribution >= 0.6 is 0 Å². The summed E-state index contributed by atoms with van der Waals surface area (Å²) >= 11 is 0. The van der Waals surface area contributed by atoms with Gasteiger partial charge in [0.05, 0.1) is 27.8 Å². The average Bonchev–Trinajstić information content (AvgIpc) is 3.93. The second-order valence-electron chi connectivity index (χ2n) is 17.5. The van der Waals surface area contributed by atoms with Crippen molar-refractivity contribution in [2.45, 2.75) is 85.2 Å². The zero-order valence-electron chi connectivity index (χ0n) is 51.3. The van der Waals surface area contributed by atoms with Crippen molar-refractivity contribution in [1.82, 2.24) is 14.5 Å². The van der Waals surface area contributed by atoms with Gasteiger partial charge in [-0.2, -0.15) is 0 Å². The van der Waals surface area contributed by atoms with Crippen molar-refractivity contribution in [1.29, 1.82) is 0 Å². The number of rotatable bonds is 10. The number of nitrogens with zero attached hydrogens (tertiary/aromatic N) is 3. The molecule has 0 aliphatic heterocycles. The van der Waals surface area contributed by atoms with Gasteiger partial charge in [0, 0.05) is 36.7 Å². The summed E-state index contributed by atoms with van der Waals surface area (Å²) in [6.07, 6.45) is 1.42. The largest absolute Gasteiger partial charge is 0.507 e. The van der Waals surface area contributed by atoms with Crippen molar-refractivity contribution in [3.05, 3.63) is 192 Å². The Bertz CT molecular complexity index is 3730. The van der Waals surface area contributed by atoms with Gasteiger partial charge in [-0.15, -0.1) is 0 Å². The van der Waals surface area contributed by atoms with Gasteiger partial charge in [0.15, 0.2) is 0 Å². The molecule has 0 amide bonds. The number of phenolic OH excluding ortho intramolecular Hbond substituents is 1. The van der Waals surface area contributed by atoms with Crippen LogP contribution in [0.3, 0.4) is 0 Å². The minimum Gasteiger partial charge on any atom is -0.507 e. The van der Waals surface area contributed by atoms with E-state index in [0.29, 0.717) is 44.8 Å². The number of fused-ring (bicyclic) bond motifs is 1. The predicted octanol–water partition coefficient (Wildman–Crippen LogP) is 16.8. The summed E-state index contributed by atoms with van der Waals surface area (Å²) in [7, 11) is 0. The van der Waals surface area contributed by atoms with Crippen LogP contribution in [0.4, 0.5) is 0 Å². The molecule has 2 aromatic heterocycles. The highest BCUT2D eigenvalue weighted by Gasteiger charge is 2.25. The summed E-state index contributed by atoms with van der Waals surface area (Å²) in [6.45, 7) is 0.554. The monoisotopic (exact) mass is 864 g/mol. The molecule has 0 aliphatic rings. The van der Waals surface area contributed by atoms with Crippen LogP contribution in [0.2, 0.25) is 0 Å². The minimum atomic E-state index is -3.82. The van der Waals surface area contributed by atoms with Gasteiger partial charge in [0.1, 0.15) is 11.6 Å². The van der Waals surface area contributed by atoms with Crippen molar-refractivity contribution in [2.75, 3.05) is 0 Å². The number of para-hydroxylation sites is 1. The van der Waals surface area contributed by atoms with Crippen LogP contribution in [0.5, 0.6) is 5.75 Å². The maximum Gasteiger partial charge on any atom is 0.149 e. The van der Waals surface area contributed by atoms with E-state index >= 15 is 0 Å². The Morgan fingerprint density at radius 3 is 1.88 bits per heavy atom. The maximum absolute atomic E-state index is 12.4. The molecular weight excluding hydrogens is 791 g/mol. The molecule has 65 heavy (non-hydrogen) atoms. The highest BCUT2D eigenvalue weighted by atomic mass is 16.3. The minimum absolute atomic E-state index is 0.0270. The fourth-order valence-corrected chi connectivity index (χ4v) is 8.34. The standard InChI is InChI=1S/C61H59N3O/c1-38(2)45-29-48(42-19-14-11-15-20-42)34-52(33-45)64-57-22-16-21-53(58(57)63-60(64)55-36-46(39(3)4)35-54(40(5)6)59(55)65)49-30-47(41-17-12-10-13-18-41)31-50(32-49)56-37-44(27-28-62-56)43-23-25-51(26-24-43)61(7,8)9/h10-40,65H,1-9H3/i7D3,8D3,9D3,23D,24D,25D,26D,38D. The van der Waals surface area contributed by atoms with Gasteiger partial charge >= 0.3 is 0 Å². The van der Waals surface area contributed by atoms with Crippen LogP contribution in [0.1, 0.15) is 121 Å². The third kappa shape index (κ3) is 8.66. The lowest BCUT2D eigenvalue weighted by Crippen LogP contribution is -2.10. The van der Waals surface area contributed by atoms with Crippen LogP contribution in [0.25, 0.3) is 83.9 Å². The van der Waals surface area contributed by atoms with Crippen molar-refractivity contribution >= 4 is 11.0 Å². The molecule has 0 bridgehead atoms. The summed E-state index contributed by atoms with van der Waals surface area (Å²) in [4.78, 5) is 10.2. The van der Waals surface area contributed by atoms with Gasteiger partial charge in [0.25, 0.3) is 0 Å². The van der Waals surface area contributed by atoms with Gasteiger partial charge in [0.2, 0.25) is 0 Å². The average molecular weight is 864 g/mol. The second-order valence-corrected chi connectivity index (χ2v) is 17.5. The van der Waals surface area contributed by atoms with E-state index in [4.69, 9.17) is 25.0 Å². The molecular formula is C61H59N3O. The molecule has 324 valence electrons. The maximum atomic E-state index is 12.4. The summed E-state index contributed by atoms with van der Waals surface area (Å²) in [5.41, 5.74) is 5.75. The lowest BCUT2D eigenvalue weighted by atomic mass is 9.86. The van der Waals surface area contributed by atoms with E-state index in [0.717, 1.165) is 44.6 Å². The molecule has 0 fully saturated rings. The highest BCUT2D eigenvalue weighted by molar-refractivity contribution is 5.98. The number of imidazole rings is 1. The normalized spacial score (nSPS) is 15.8. The van der Waals surface area contributed by atoms with E-state index in [1.807, 2.05) is 143 Å². The van der Waals surface area contributed by atoms with Crippen molar-refractivity contribution in [3.63, 3.8) is 0 Å². The number of hydrogen-bond acceptors (Lipinski definition) is 3. The Balaban J connectivity index is 1.31. The highest BCUT2D eigenvalue weighted by Crippen LogP contribution is 2.44. The molecule has 9 aromatic rings. The molecule has 7 aromatic carbocycles. The van der Waals surface area contributed by atoms with E-state index in [-0.39, 0.29) is 28.7 Å². The fraction of sp³-hybridized carbons (Fsp3) is 0.213. The van der Waals surface area contributed by atoms with Crippen molar-refractivity contribution in [3.8, 4) is 78.6 Å².